The minimum Gasteiger partial charge on any atom is -0.356 e. The molecule has 1 aliphatic carbocycles. The molecule has 1 aromatic heterocycles. The van der Waals surface area contributed by atoms with Crippen molar-refractivity contribution < 1.29 is 13.2 Å². The van der Waals surface area contributed by atoms with E-state index in [0.717, 1.165) is 17.8 Å². The number of thiazole rings is 1. The van der Waals surface area contributed by atoms with E-state index in [4.69, 9.17) is 0 Å². The van der Waals surface area contributed by atoms with Gasteiger partial charge in [-0.2, -0.15) is 13.2 Å². The quantitative estimate of drug-likeness (QED) is 0.423. The van der Waals surface area contributed by atoms with Crippen molar-refractivity contribution in [1.82, 2.24) is 15.2 Å². The molecule has 0 fully saturated rings. The van der Waals surface area contributed by atoms with Crippen LogP contribution < -0.4 is 5.32 Å². The minimum atomic E-state index is -4.15. The molecule has 0 bridgehead atoms. The van der Waals surface area contributed by atoms with Gasteiger partial charge in [-0.25, -0.2) is 4.98 Å². The molecule has 1 aliphatic rings. The Morgan fingerprint density at radius 2 is 2.04 bits per heavy atom. The van der Waals surface area contributed by atoms with Crippen molar-refractivity contribution in [2.24, 2.45) is 4.99 Å². The number of rotatable bonds is 4. The normalized spacial score (nSPS) is 14.9. The Morgan fingerprint density at radius 3 is 2.65 bits per heavy atom. The molecular weight excluding hydrogens is 440 g/mol. The summed E-state index contributed by atoms with van der Waals surface area (Å²) in [7, 11) is 3.38. The maximum atomic E-state index is 12.2. The second-order valence-electron chi connectivity index (χ2n) is 5.38. The summed E-state index contributed by atoms with van der Waals surface area (Å²) in [5.41, 5.74) is 1.19. The van der Waals surface area contributed by atoms with Gasteiger partial charge >= 0.3 is 6.18 Å². The van der Waals surface area contributed by atoms with E-state index in [1.54, 1.807) is 23.3 Å². The van der Waals surface area contributed by atoms with Crippen LogP contribution in [0, 0.1) is 0 Å². The van der Waals surface area contributed by atoms with Gasteiger partial charge in [0.25, 0.3) is 0 Å². The predicted molar refractivity (Wildman–Crippen MR) is 97.7 cm³/mol. The number of alkyl halides is 3. The summed E-state index contributed by atoms with van der Waals surface area (Å²) in [6.07, 6.45) is -0.495. The Bertz CT molecular complexity index is 507. The van der Waals surface area contributed by atoms with Gasteiger partial charge in [0.1, 0.15) is 5.01 Å². The largest absolute Gasteiger partial charge is 0.390 e. The Labute approximate surface area is 155 Å². The molecular formula is C14H22F3IN4S. The highest BCUT2D eigenvalue weighted by molar-refractivity contribution is 14.0. The standard InChI is InChI=1S/C14H21F3N4S.HI/c1-18-13(19-8-7-14(15,16)17)21(2)9-12-20-10-5-3-4-6-11(10)22-12;/h3-9H2,1-2H3,(H,18,19);1H. The lowest BCUT2D eigenvalue weighted by Crippen LogP contribution is -2.39. The van der Waals surface area contributed by atoms with Gasteiger partial charge in [-0.15, -0.1) is 35.3 Å². The third kappa shape index (κ3) is 6.44. The van der Waals surface area contributed by atoms with Crippen LogP contribution in [0.1, 0.15) is 34.8 Å². The highest BCUT2D eigenvalue weighted by atomic mass is 127. The summed E-state index contributed by atoms with van der Waals surface area (Å²) in [5.74, 6) is 0.456. The van der Waals surface area contributed by atoms with Gasteiger partial charge in [0.2, 0.25) is 0 Å². The highest BCUT2D eigenvalue weighted by Gasteiger charge is 2.26. The van der Waals surface area contributed by atoms with Crippen molar-refractivity contribution in [3.63, 3.8) is 0 Å². The van der Waals surface area contributed by atoms with Crippen LogP contribution in [0.3, 0.4) is 0 Å². The van der Waals surface area contributed by atoms with E-state index in [1.807, 2.05) is 7.05 Å². The van der Waals surface area contributed by atoms with Crippen molar-refractivity contribution in [3.8, 4) is 0 Å². The average molecular weight is 462 g/mol. The van der Waals surface area contributed by atoms with E-state index in [0.29, 0.717) is 12.5 Å². The van der Waals surface area contributed by atoms with Crippen LogP contribution in [-0.2, 0) is 19.4 Å². The molecule has 0 saturated carbocycles. The number of nitrogens with zero attached hydrogens (tertiary/aromatic N) is 3. The summed E-state index contributed by atoms with van der Waals surface area (Å²) in [6.45, 7) is 0.387. The molecule has 0 saturated heterocycles. The van der Waals surface area contributed by atoms with Gasteiger partial charge in [-0.1, -0.05) is 0 Å². The monoisotopic (exact) mass is 462 g/mol. The zero-order valence-electron chi connectivity index (χ0n) is 13.2. The first-order valence-electron chi connectivity index (χ1n) is 7.35. The first-order valence-corrected chi connectivity index (χ1v) is 8.16. The van der Waals surface area contributed by atoms with Gasteiger partial charge in [0.05, 0.1) is 18.7 Å². The molecule has 0 atom stereocenters. The molecule has 4 nitrogen and oxygen atoms in total. The molecule has 1 N–H and O–H groups in total. The fourth-order valence-corrected chi connectivity index (χ4v) is 3.66. The zero-order valence-corrected chi connectivity index (χ0v) is 16.4. The number of aliphatic imine (C=N–C) groups is 1. The SMILES string of the molecule is CN=C(NCCC(F)(F)F)N(C)Cc1nc2c(s1)CCCC2.I. The lowest BCUT2D eigenvalue weighted by Gasteiger charge is -2.21. The Hall–Kier alpha value is -0.580. The van der Waals surface area contributed by atoms with Crippen LogP contribution in [0.4, 0.5) is 13.2 Å². The third-order valence-corrected chi connectivity index (χ3v) is 4.67. The first-order chi connectivity index (χ1) is 10.4. The van der Waals surface area contributed by atoms with Gasteiger partial charge in [-0.05, 0) is 25.7 Å². The molecule has 1 aromatic rings. The average Bonchev–Trinajstić information content (AvgIpc) is 2.84. The van der Waals surface area contributed by atoms with E-state index in [2.05, 4.69) is 15.3 Å². The van der Waals surface area contributed by atoms with Crippen LogP contribution in [0.2, 0.25) is 0 Å². The number of fused-ring (bicyclic) bond motifs is 1. The number of nitrogens with one attached hydrogen (secondary N) is 1. The van der Waals surface area contributed by atoms with Crippen molar-refractivity contribution in [1.29, 1.82) is 0 Å². The molecule has 0 amide bonds. The van der Waals surface area contributed by atoms with Crippen molar-refractivity contribution >= 4 is 41.3 Å². The van der Waals surface area contributed by atoms with Crippen LogP contribution >= 0.6 is 35.3 Å². The summed E-state index contributed by atoms with van der Waals surface area (Å²) >= 11 is 1.70. The summed E-state index contributed by atoms with van der Waals surface area (Å²) in [4.78, 5) is 11.8. The number of aryl methyl sites for hydroxylation is 2. The maximum Gasteiger partial charge on any atom is 0.390 e. The van der Waals surface area contributed by atoms with Crippen molar-refractivity contribution in [3.05, 3.63) is 15.6 Å². The Balaban J connectivity index is 0.00000264. The van der Waals surface area contributed by atoms with Gasteiger partial charge in [0, 0.05) is 25.5 Å². The molecule has 0 aromatic carbocycles. The smallest absolute Gasteiger partial charge is 0.356 e. The topological polar surface area (TPSA) is 40.5 Å². The zero-order chi connectivity index (χ0) is 16.2. The van der Waals surface area contributed by atoms with Crippen molar-refractivity contribution in [2.45, 2.75) is 44.8 Å². The lowest BCUT2D eigenvalue weighted by atomic mass is 10.0. The first kappa shape index (κ1) is 20.5. The molecule has 0 unspecified atom stereocenters. The van der Waals surface area contributed by atoms with E-state index in [-0.39, 0.29) is 30.5 Å². The molecule has 9 heteroatoms. The number of hydrogen-bond donors (Lipinski definition) is 1. The summed E-state index contributed by atoms with van der Waals surface area (Å²) in [6, 6.07) is 0. The fourth-order valence-electron chi connectivity index (χ4n) is 2.45. The number of hydrogen-bond acceptors (Lipinski definition) is 3. The van der Waals surface area contributed by atoms with Crippen molar-refractivity contribution in [2.75, 3.05) is 20.6 Å². The van der Waals surface area contributed by atoms with E-state index < -0.39 is 12.6 Å². The van der Waals surface area contributed by atoms with Crippen LogP contribution in [0.15, 0.2) is 4.99 Å². The molecule has 0 aliphatic heterocycles. The van der Waals surface area contributed by atoms with E-state index in [1.165, 1.54) is 23.4 Å². The Morgan fingerprint density at radius 1 is 1.35 bits per heavy atom. The summed E-state index contributed by atoms with van der Waals surface area (Å²) in [5, 5.41) is 3.73. The maximum absolute atomic E-state index is 12.2. The minimum absolute atomic E-state index is 0. The highest BCUT2D eigenvalue weighted by Crippen LogP contribution is 2.27. The van der Waals surface area contributed by atoms with Gasteiger partial charge in [-0.3, -0.25) is 4.99 Å². The van der Waals surface area contributed by atoms with Gasteiger partial charge in [0.15, 0.2) is 5.96 Å². The van der Waals surface area contributed by atoms with Crippen LogP contribution in [0.25, 0.3) is 0 Å². The molecule has 2 rings (SSSR count). The Kier molecular flexibility index (Phi) is 8.05. The second kappa shape index (κ2) is 9.05. The van der Waals surface area contributed by atoms with E-state index in [9.17, 15) is 13.2 Å². The molecule has 23 heavy (non-hydrogen) atoms. The van der Waals surface area contributed by atoms with Crippen LogP contribution in [0.5, 0.6) is 0 Å². The number of guanidine groups is 1. The van der Waals surface area contributed by atoms with Gasteiger partial charge < -0.3 is 10.2 Å². The molecule has 0 spiro atoms. The third-order valence-electron chi connectivity index (χ3n) is 3.53. The fraction of sp³-hybridized carbons (Fsp3) is 0.714. The van der Waals surface area contributed by atoms with Crippen LogP contribution in [-0.4, -0.2) is 42.7 Å². The number of aromatic nitrogens is 1. The lowest BCUT2D eigenvalue weighted by molar-refractivity contribution is -0.132. The second-order valence-corrected chi connectivity index (χ2v) is 6.55. The molecule has 132 valence electrons. The summed E-state index contributed by atoms with van der Waals surface area (Å²) < 4.78 is 36.6. The van der Waals surface area contributed by atoms with E-state index >= 15 is 0 Å². The molecule has 0 radical (unpaired) electrons. The predicted octanol–water partition coefficient (Wildman–Crippen LogP) is 3.60. The molecule has 1 heterocycles. The number of halogens is 4.